The van der Waals surface area contributed by atoms with Gasteiger partial charge in [0.05, 0.1) is 7.11 Å². The average Bonchev–Trinajstić information content (AvgIpc) is 3.31. The van der Waals surface area contributed by atoms with Gasteiger partial charge in [-0.05, 0) is 49.2 Å². The fourth-order valence-electron chi connectivity index (χ4n) is 3.18. The highest BCUT2D eigenvalue weighted by atomic mass is 16.5. The lowest BCUT2D eigenvalue weighted by atomic mass is 10.1. The molecule has 0 aliphatic carbocycles. The summed E-state index contributed by atoms with van der Waals surface area (Å²) in [5, 5.41) is 5.27. The second-order valence-corrected chi connectivity index (χ2v) is 6.86. The fraction of sp³-hybridized carbons (Fsp3) is 0.318. The van der Waals surface area contributed by atoms with E-state index in [-0.39, 0.29) is 24.3 Å². The standard InChI is InChI=1S/C22H25N3O5/c1-23-20(26)14-30-18-9-8-15(13-19(18)29-2)21(27)24-17-7-5-6-16(12-17)22(28)25-10-3-4-11-25/h5-9,12-13H,3-4,10-11,14H2,1-2H3,(H,23,26)(H,24,27). The van der Waals surface area contributed by atoms with Gasteiger partial charge in [0.25, 0.3) is 17.7 Å². The Morgan fingerprint density at radius 3 is 2.47 bits per heavy atom. The summed E-state index contributed by atoms with van der Waals surface area (Å²) in [6.07, 6.45) is 2.04. The van der Waals surface area contributed by atoms with Crippen LogP contribution < -0.4 is 20.1 Å². The van der Waals surface area contributed by atoms with E-state index in [1.54, 1.807) is 36.4 Å². The molecule has 2 aromatic rings. The van der Waals surface area contributed by atoms with Crippen molar-refractivity contribution in [3.63, 3.8) is 0 Å². The third kappa shape index (κ3) is 5.08. The molecule has 0 bridgehead atoms. The Morgan fingerprint density at radius 1 is 1.00 bits per heavy atom. The van der Waals surface area contributed by atoms with Crippen molar-refractivity contribution >= 4 is 23.4 Å². The van der Waals surface area contributed by atoms with Gasteiger partial charge in [0, 0.05) is 37.0 Å². The minimum Gasteiger partial charge on any atom is -0.493 e. The lowest BCUT2D eigenvalue weighted by Gasteiger charge is -2.16. The van der Waals surface area contributed by atoms with Gasteiger partial charge in [-0.15, -0.1) is 0 Å². The number of benzene rings is 2. The number of likely N-dealkylation sites (N-methyl/N-ethyl adjacent to an activating group) is 1. The summed E-state index contributed by atoms with van der Waals surface area (Å²) in [6, 6.07) is 11.6. The largest absolute Gasteiger partial charge is 0.493 e. The van der Waals surface area contributed by atoms with Crippen LogP contribution in [0.2, 0.25) is 0 Å². The molecule has 0 radical (unpaired) electrons. The number of amides is 3. The number of carbonyl (C=O) groups is 3. The molecule has 3 rings (SSSR count). The maximum atomic E-state index is 12.7. The van der Waals surface area contributed by atoms with Gasteiger partial charge in [-0.3, -0.25) is 14.4 Å². The fourth-order valence-corrected chi connectivity index (χ4v) is 3.18. The molecule has 2 N–H and O–H groups in total. The lowest BCUT2D eigenvalue weighted by molar-refractivity contribution is -0.122. The van der Waals surface area contributed by atoms with Crippen LogP contribution in [0.25, 0.3) is 0 Å². The molecule has 0 spiro atoms. The van der Waals surface area contributed by atoms with E-state index < -0.39 is 0 Å². The maximum Gasteiger partial charge on any atom is 0.257 e. The van der Waals surface area contributed by atoms with Gasteiger partial charge in [0.15, 0.2) is 18.1 Å². The first-order valence-electron chi connectivity index (χ1n) is 9.74. The van der Waals surface area contributed by atoms with Crippen LogP contribution in [0.15, 0.2) is 42.5 Å². The summed E-state index contributed by atoms with van der Waals surface area (Å²) in [6.45, 7) is 1.38. The Labute approximate surface area is 175 Å². The zero-order valence-corrected chi connectivity index (χ0v) is 17.1. The van der Waals surface area contributed by atoms with E-state index in [9.17, 15) is 14.4 Å². The first kappa shape index (κ1) is 21.2. The summed E-state index contributed by atoms with van der Waals surface area (Å²) in [7, 11) is 2.97. The molecule has 1 fully saturated rings. The predicted octanol–water partition coefficient (Wildman–Crippen LogP) is 2.31. The molecule has 3 amide bonds. The van der Waals surface area contributed by atoms with Crippen molar-refractivity contribution in [2.24, 2.45) is 0 Å². The van der Waals surface area contributed by atoms with Crippen LogP contribution in [0.3, 0.4) is 0 Å². The molecule has 0 saturated carbocycles. The van der Waals surface area contributed by atoms with Gasteiger partial charge in [0.1, 0.15) is 0 Å². The van der Waals surface area contributed by atoms with E-state index in [0.717, 1.165) is 25.9 Å². The third-order valence-corrected chi connectivity index (χ3v) is 4.82. The third-order valence-electron chi connectivity index (χ3n) is 4.82. The Kier molecular flexibility index (Phi) is 6.90. The van der Waals surface area contributed by atoms with E-state index >= 15 is 0 Å². The molecule has 158 valence electrons. The number of carbonyl (C=O) groups excluding carboxylic acids is 3. The molecule has 2 aromatic carbocycles. The highest BCUT2D eigenvalue weighted by Crippen LogP contribution is 2.28. The van der Waals surface area contributed by atoms with Gasteiger partial charge < -0.3 is 25.0 Å². The van der Waals surface area contributed by atoms with Crippen molar-refractivity contribution < 1.29 is 23.9 Å². The van der Waals surface area contributed by atoms with Gasteiger partial charge in [-0.2, -0.15) is 0 Å². The van der Waals surface area contributed by atoms with Crippen molar-refractivity contribution in [3.8, 4) is 11.5 Å². The highest BCUT2D eigenvalue weighted by Gasteiger charge is 2.20. The molecule has 1 aliphatic rings. The van der Waals surface area contributed by atoms with Crippen LogP contribution >= 0.6 is 0 Å². The number of hydrogen-bond donors (Lipinski definition) is 2. The topological polar surface area (TPSA) is 97.0 Å². The summed E-state index contributed by atoms with van der Waals surface area (Å²) in [4.78, 5) is 38.4. The number of nitrogens with one attached hydrogen (secondary N) is 2. The summed E-state index contributed by atoms with van der Waals surface area (Å²) in [5.74, 6) is 0.0439. The molecule has 0 atom stereocenters. The van der Waals surface area contributed by atoms with Gasteiger partial charge >= 0.3 is 0 Å². The molecule has 1 saturated heterocycles. The molecule has 8 heteroatoms. The normalized spacial score (nSPS) is 12.9. The van der Waals surface area contributed by atoms with Crippen molar-refractivity contribution in [1.29, 1.82) is 0 Å². The molecule has 0 unspecified atom stereocenters. The van der Waals surface area contributed by atoms with Crippen LogP contribution in [-0.2, 0) is 4.79 Å². The van der Waals surface area contributed by atoms with Crippen molar-refractivity contribution in [1.82, 2.24) is 10.2 Å². The van der Waals surface area contributed by atoms with E-state index in [2.05, 4.69) is 10.6 Å². The van der Waals surface area contributed by atoms with Gasteiger partial charge in [-0.25, -0.2) is 0 Å². The second kappa shape index (κ2) is 9.78. The van der Waals surface area contributed by atoms with Crippen LogP contribution in [0.1, 0.15) is 33.6 Å². The molecule has 0 aromatic heterocycles. The van der Waals surface area contributed by atoms with Crippen LogP contribution in [-0.4, -0.2) is 56.5 Å². The number of rotatable bonds is 7. The molecular formula is C22H25N3O5. The second-order valence-electron chi connectivity index (χ2n) is 6.86. The van der Waals surface area contributed by atoms with Crippen LogP contribution in [0.4, 0.5) is 5.69 Å². The molecule has 8 nitrogen and oxygen atoms in total. The minimum atomic E-state index is -0.350. The summed E-state index contributed by atoms with van der Waals surface area (Å²) < 4.78 is 10.7. The summed E-state index contributed by atoms with van der Waals surface area (Å²) in [5.41, 5.74) is 1.43. The van der Waals surface area contributed by atoms with Crippen LogP contribution in [0.5, 0.6) is 11.5 Å². The van der Waals surface area contributed by atoms with E-state index in [1.165, 1.54) is 20.2 Å². The minimum absolute atomic E-state index is 0.0251. The number of methoxy groups -OCH3 is 1. The van der Waals surface area contributed by atoms with Gasteiger partial charge in [-0.1, -0.05) is 6.07 Å². The Balaban J connectivity index is 1.70. The van der Waals surface area contributed by atoms with Crippen LogP contribution in [0, 0.1) is 0 Å². The number of likely N-dealkylation sites (tertiary alicyclic amines) is 1. The van der Waals surface area contributed by atoms with Crippen molar-refractivity contribution in [2.75, 3.05) is 39.2 Å². The zero-order valence-electron chi connectivity index (χ0n) is 17.1. The monoisotopic (exact) mass is 411 g/mol. The molecule has 30 heavy (non-hydrogen) atoms. The molecular weight excluding hydrogens is 386 g/mol. The number of hydrogen-bond acceptors (Lipinski definition) is 5. The first-order valence-corrected chi connectivity index (χ1v) is 9.74. The number of ether oxygens (including phenoxy) is 2. The summed E-state index contributed by atoms with van der Waals surface area (Å²) >= 11 is 0. The Morgan fingerprint density at radius 2 is 1.77 bits per heavy atom. The highest BCUT2D eigenvalue weighted by molar-refractivity contribution is 6.05. The molecule has 1 aliphatic heterocycles. The number of nitrogens with zero attached hydrogens (tertiary/aromatic N) is 1. The first-order chi connectivity index (χ1) is 14.5. The van der Waals surface area contributed by atoms with E-state index in [4.69, 9.17) is 9.47 Å². The zero-order chi connectivity index (χ0) is 21.5. The Bertz CT molecular complexity index is 938. The maximum absolute atomic E-state index is 12.7. The van der Waals surface area contributed by atoms with Crippen molar-refractivity contribution in [3.05, 3.63) is 53.6 Å². The van der Waals surface area contributed by atoms with Gasteiger partial charge in [0.2, 0.25) is 0 Å². The predicted molar refractivity (Wildman–Crippen MR) is 112 cm³/mol. The Hall–Kier alpha value is -3.55. The number of anilines is 1. The quantitative estimate of drug-likeness (QED) is 0.729. The molecule has 1 heterocycles. The van der Waals surface area contributed by atoms with E-state index in [0.29, 0.717) is 28.3 Å². The SMILES string of the molecule is CNC(=O)COc1ccc(C(=O)Nc2cccc(C(=O)N3CCCC3)c2)cc1OC. The lowest BCUT2D eigenvalue weighted by Crippen LogP contribution is -2.27. The smallest absolute Gasteiger partial charge is 0.257 e. The van der Waals surface area contributed by atoms with Crippen molar-refractivity contribution in [2.45, 2.75) is 12.8 Å². The van der Waals surface area contributed by atoms with E-state index in [1.807, 2.05) is 4.90 Å². The average molecular weight is 411 g/mol.